The van der Waals surface area contributed by atoms with E-state index < -0.39 is 62.7 Å². The molecular weight excluding hydrogens is 271 g/mol. The fourth-order valence-corrected chi connectivity index (χ4v) is 2.49. The molecule has 0 atom stereocenters. The Labute approximate surface area is 144 Å². The first-order valence-electron chi connectivity index (χ1n) is 12.4. The minimum Gasteiger partial charge on any atom is -0.399 e. The normalized spacial score (nSPS) is 33.4. The SMILES string of the molecule is [2H]C([2H])([2H])N(c1nc(C([2H])([2H])C([2H])([2H])C([2H])([2H])[2H])c(B2OC(C)(C)C(C)(C)O2)s1)C([2H])([2H])[2H]. The van der Waals surface area contributed by atoms with Crippen LogP contribution in [0.4, 0.5) is 5.13 Å². The van der Waals surface area contributed by atoms with Crippen LogP contribution < -0.4 is 9.68 Å². The lowest BCUT2D eigenvalue weighted by atomic mass is 9.85. The van der Waals surface area contributed by atoms with Gasteiger partial charge in [-0.25, -0.2) is 4.98 Å². The second-order valence-electron chi connectivity index (χ2n) is 5.38. The quantitative estimate of drug-likeness (QED) is 0.800. The Bertz CT molecular complexity index is 861. The minimum absolute atomic E-state index is 0.0178. The molecule has 2 rings (SSSR count). The van der Waals surface area contributed by atoms with E-state index in [4.69, 9.17) is 27.1 Å². The first-order chi connectivity index (χ1) is 14.3. The molecule has 1 saturated heterocycles. The average molecular weight is 309 g/mol. The zero-order chi connectivity index (χ0) is 26.2. The van der Waals surface area contributed by atoms with E-state index >= 15 is 0 Å². The molecule has 0 spiro atoms. The first-order valence-corrected chi connectivity index (χ1v) is 6.76. The van der Waals surface area contributed by atoms with Crippen LogP contribution in [0.25, 0.3) is 0 Å². The van der Waals surface area contributed by atoms with Crippen LogP contribution in [-0.4, -0.2) is 37.3 Å². The summed E-state index contributed by atoms with van der Waals surface area (Å²) < 4.78 is 112. The lowest BCUT2D eigenvalue weighted by molar-refractivity contribution is 0.00578. The molecule has 6 heteroatoms. The predicted molar refractivity (Wildman–Crippen MR) is 86.2 cm³/mol. The van der Waals surface area contributed by atoms with Crippen molar-refractivity contribution in [1.82, 2.24) is 4.98 Å². The molecule has 0 bridgehead atoms. The van der Waals surface area contributed by atoms with Gasteiger partial charge in [0.15, 0.2) is 5.13 Å². The molecule has 0 unspecified atom stereocenters. The van der Waals surface area contributed by atoms with Crippen LogP contribution in [0.2, 0.25) is 0 Å². The standard InChI is InChI=1S/C14H25BN2O2S/c1-8-9-10-11(20-12(16-10)17(6)7)15-18-13(2,3)14(4,5)19-15/h8-9H2,1-7H3/i1D3,6D3,7D3,8D2,9D2. The minimum atomic E-state index is -3.48. The second-order valence-corrected chi connectivity index (χ2v) is 6.39. The van der Waals surface area contributed by atoms with Crippen molar-refractivity contribution >= 4 is 28.4 Å². The molecule has 1 aliphatic heterocycles. The van der Waals surface area contributed by atoms with Crippen molar-refractivity contribution in [2.45, 2.75) is 58.5 Å². The Morgan fingerprint density at radius 3 is 2.50 bits per heavy atom. The van der Waals surface area contributed by atoms with Crippen LogP contribution in [-0.2, 0) is 15.7 Å². The van der Waals surface area contributed by atoms with Crippen molar-refractivity contribution in [3.05, 3.63) is 5.69 Å². The molecule has 1 aromatic rings. The number of hydrogen-bond acceptors (Lipinski definition) is 5. The van der Waals surface area contributed by atoms with E-state index in [9.17, 15) is 0 Å². The first kappa shape index (κ1) is 5.90. The molecular formula is C14H25BN2O2S. The number of hydrogen-bond donors (Lipinski definition) is 0. The predicted octanol–water partition coefficient (Wildman–Crippen LogP) is 2.46. The monoisotopic (exact) mass is 309 g/mol. The third kappa shape index (κ3) is 2.74. The fraction of sp³-hybridized carbons (Fsp3) is 0.786. The van der Waals surface area contributed by atoms with Crippen LogP contribution >= 0.6 is 11.3 Å². The molecule has 1 aromatic heterocycles. The maximum Gasteiger partial charge on any atom is 0.507 e. The van der Waals surface area contributed by atoms with Crippen LogP contribution in [0, 0.1) is 0 Å². The van der Waals surface area contributed by atoms with Crippen molar-refractivity contribution in [2.24, 2.45) is 0 Å². The Morgan fingerprint density at radius 1 is 1.30 bits per heavy atom. The average Bonchev–Trinajstić information content (AvgIpc) is 3.02. The Balaban J connectivity index is 2.81. The van der Waals surface area contributed by atoms with Gasteiger partial charge in [0.2, 0.25) is 0 Å². The molecule has 1 aliphatic rings. The van der Waals surface area contributed by atoms with E-state index in [2.05, 4.69) is 4.98 Å². The van der Waals surface area contributed by atoms with Crippen LogP contribution in [0.5, 0.6) is 0 Å². The van der Waals surface area contributed by atoms with Crippen molar-refractivity contribution < 1.29 is 27.1 Å². The van der Waals surface area contributed by atoms with E-state index in [1.165, 1.54) is 0 Å². The number of rotatable bonds is 4. The van der Waals surface area contributed by atoms with Gasteiger partial charge < -0.3 is 14.2 Å². The van der Waals surface area contributed by atoms with Gasteiger partial charge in [-0.05, 0) is 34.1 Å². The lowest BCUT2D eigenvalue weighted by Crippen LogP contribution is -2.41. The molecule has 1 fully saturated rings. The Morgan fingerprint density at radius 2 is 1.95 bits per heavy atom. The topological polar surface area (TPSA) is 34.6 Å². The number of aryl methyl sites for hydroxylation is 1. The van der Waals surface area contributed by atoms with Crippen molar-refractivity contribution in [1.29, 1.82) is 0 Å². The van der Waals surface area contributed by atoms with Gasteiger partial charge in [0, 0.05) is 31.8 Å². The molecule has 0 aromatic carbocycles. The summed E-state index contributed by atoms with van der Waals surface area (Å²) in [7, 11) is -1.38. The summed E-state index contributed by atoms with van der Waals surface area (Å²) >= 11 is 0.428. The molecule has 0 radical (unpaired) electrons. The summed E-state index contributed by atoms with van der Waals surface area (Å²) in [5, 5.41) is -0.681. The van der Waals surface area contributed by atoms with Gasteiger partial charge in [-0.15, -0.1) is 11.3 Å². The molecule has 0 N–H and O–H groups in total. The van der Waals surface area contributed by atoms with Gasteiger partial charge in [-0.2, -0.15) is 0 Å². The fourth-order valence-electron chi connectivity index (χ4n) is 1.67. The van der Waals surface area contributed by atoms with E-state index in [-0.39, 0.29) is 9.68 Å². The molecule has 0 saturated carbocycles. The van der Waals surface area contributed by atoms with Crippen LogP contribution in [0.3, 0.4) is 0 Å². The van der Waals surface area contributed by atoms with Gasteiger partial charge in [-0.3, -0.25) is 0 Å². The summed E-state index contributed by atoms with van der Waals surface area (Å²) in [5.41, 5.74) is -2.69. The van der Waals surface area contributed by atoms with E-state index in [1.54, 1.807) is 27.7 Å². The molecule has 2 heterocycles. The maximum atomic E-state index is 8.36. The van der Waals surface area contributed by atoms with Crippen molar-refractivity contribution in [2.75, 3.05) is 18.9 Å². The number of anilines is 1. The van der Waals surface area contributed by atoms with E-state index in [0.717, 1.165) is 0 Å². The second kappa shape index (κ2) is 5.32. The zero-order valence-corrected chi connectivity index (χ0v) is 12.5. The van der Waals surface area contributed by atoms with Gasteiger partial charge in [-0.1, -0.05) is 13.2 Å². The van der Waals surface area contributed by atoms with E-state index in [0.29, 0.717) is 11.3 Å². The highest BCUT2D eigenvalue weighted by Crippen LogP contribution is 2.37. The molecule has 20 heavy (non-hydrogen) atoms. The van der Waals surface area contributed by atoms with Gasteiger partial charge in [0.1, 0.15) is 0 Å². The third-order valence-corrected chi connectivity index (χ3v) is 4.54. The number of aromatic nitrogens is 1. The molecule has 0 aliphatic carbocycles. The number of thiazole rings is 1. The third-order valence-electron chi connectivity index (χ3n) is 3.48. The zero-order valence-electron chi connectivity index (χ0n) is 24.7. The summed E-state index contributed by atoms with van der Waals surface area (Å²) in [4.78, 5) is 3.85. The van der Waals surface area contributed by atoms with Crippen LogP contribution in [0.1, 0.15) is 64.4 Å². The highest BCUT2D eigenvalue weighted by Gasteiger charge is 2.53. The summed E-state index contributed by atoms with van der Waals surface area (Å²) in [6, 6.07) is 0. The van der Waals surface area contributed by atoms with Crippen LogP contribution in [0.15, 0.2) is 0 Å². The van der Waals surface area contributed by atoms with Crippen molar-refractivity contribution in [3.8, 4) is 0 Å². The summed E-state index contributed by atoms with van der Waals surface area (Å²) in [6.45, 7) is -3.14. The summed E-state index contributed by atoms with van der Waals surface area (Å²) in [6.07, 6.45) is -6.78. The smallest absolute Gasteiger partial charge is 0.399 e. The van der Waals surface area contributed by atoms with E-state index in [1.807, 2.05) is 0 Å². The van der Waals surface area contributed by atoms with Gasteiger partial charge in [0.25, 0.3) is 0 Å². The highest BCUT2D eigenvalue weighted by atomic mass is 32.1. The molecule has 112 valence electrons. The van der Waals surface area contributed by atoms with Gasteiger partial charge >= 0.3 is 7.12 Å². The maximum absolute atomic E-state index is 8.36. The molecule has 4 nitrogen and oxygen atoms in total. The Hall–Kier alpha value is -0.585. The van der Waals surface area contributed by atoms with Crippen molar-refractivity contribution in [3.63, 3.8) is 0 Å². The highest BCUT2D eigenvalue weighted by molar-refractivity contribution is 7.25. The molecule has 0 amide bonds. The largest absolute Gasteiger partial charge is 0.507 e. The number of nitrogens with zero attached hydrogens (tertiary/aromatic N) is 2. The summed E-state index contributed by atoms with van der Waals surface area (Å²) in [5.74, 6) is 0. The van der Waals surface area contributed by atoms with Gasteiger partial charge in [0.05, 0.1) is 21.7 Å². The lowest BCUT2D eigenvalue weighted by Gasteiger charge is -2.32. The Kier molecular flexibility index (Phi) is 1.57.